The van der Waals surface area contributed by atoms with Crippen LogP contribution in [0.25, 0.3) is 11.3 Å². The Bertz CT molecular complexity index is 1250. The summed E-state index contributed by atoms with van der Waals surface area (Å²) in [7, 11) is 3.05. The van der Waals surface area contributed by atoms with E-state index in [-0.39, 0.29) is 5.13 Å². The van der Waals surface area contributed by atoms with Crippen LogP contribution in [-0.4, -0.2) is 47.7 Å². The van der Waals surface area contributed by atoms with Crippen molar-refractivity contribution in [2.45, 2.75) is 0 Å². The van der Waals surface area contributed by atoms with Gasteiger partial charge in [0, 0.05) is 10.9 Å². The maximum absolute atomic E-state index is 12.1. The van der Waals surface area contributed by atoms with Gasteiger partial charge < -0.3 is 19.9 Å². The van der Waals surface area contributed by atoms with Crippen LogP contribution in [0.2, 0.25) is 0 Å². The van der Waals surface area contributed by atoms with Gasteiger partial charge in [-0.2, -0.15) is 0 Å². The van der Waals surface area contributed by atoms with Crippen molar-refractivity contribution in [3.8, 4) is 22.8 Å². The normalized spacial score (nSPS) is 10.4. The number of carbonyl (C=O) groups excluding carboxylic acids is 2. The van der Waals surface area contributed by atoms with Crippen molar-refractivity contribution in [2.75, 3.05) is 31.9 Å². The number of thiazole rings is 1. The highest BCUT2D eigenvalue weighted by atomic mass is 32.1. The van der Waals surface area contributed by atoms with E-state index < -0.39 is 41.1 Å². The number of nitrogen functional groups attached to an aromatic ring is 1. The van der Waals surface area contributed by atoms with Gasteiger partial charge in [-0.05, 0) is 18.2 Å². The fraction of sp³-hybridized carbons (Fsp3) is 0.167. The number of nitrogens with one attached hydrogen (secondary N) is 3. The van der Waals surface area contributed by atoms with E-state index >= 15 is 0 Å². The van der Waals surface area contributed by atoms with E-state index in [9.17, 15) is 19.2 Å². The van der Waals surface area contributed by atoms with Crippen LogP contribution in [0.4, 0.5) is 10.8 Å². The molecule has 0 saturated carbocycles. The smallest absolute Gasteiger partial charge is 0.357 e. The molecule has 0 aliphatic rings. The maximum atomic E-state index is 12.1. The zero-order valence-corrected chi connectivity index (χ0v) is 17.1. The third-order valence-corrected chi connectivity index (χ3v) is 4.71. The molecule has 0 radical (unpaired) electrons. The molecule has 0 unspecified atom stereocenters. The number of hydrogen-bond donors (Lipinski definition) is 4. The van der Waals surface area contributed by atoms with Crippen LogP contribution < -0.4 is 31.8 Å². The van der Waals surface area contributed by atoms with Crippen molar-refractivity contribution < 1.29 is 23.8 Å². The average molecular weight is 447 g/mol. The van der Waals surface area contributed by atoms with Gasteiger partial charge in [0.15, 0.2) is 28.9 Å². The molecule has 0 spiro atoms. The highest BCUT2D eigenvalue weighted by molar-refractivity contribution is 7.14. The molecule has 0 atom stereocenters. The lowest BCUT2D eigenvalue weighted by Gasteiger charge is -2.08. The van der Waals surface area contributed by atoms with Gasteiger partial charge in [-0.1, -0.05) is 0 Å². The van der Waals surface area contributed by atoms with Gasteiger partial charge in [0.2, 0.25) is 0 Å². The highest BCUT2D eigenvalue weighted by Gasteiger charge is 2.18. The Kier molecular flexibility index (Phi) is 6.35. The quantitative estimate of drug-likeness (QED) is 0.377. The largest absolute Gasteiger partial charge is 0.493 e. The van der Waals surface area contributed by atoms with E-state index in [0.29, 0.717) is 17.2 Å². The number of aromatic amines is 2. The van der Waals surface area contributed by atoms with Gasteiger partial charge in [0.25, 0.3) is 11.5 Å². The number of methoxy groups -OCH3 is 2. The summed E-state index contributed by atoms with van der Waals surface area (Å²) < 4.78 is 15.3. The Labute approximate surface area is 178 Å². The summed E-state index contributed by atoms with van der Waals surface area (Å²) in [6.45, 7) is -0.682. The summed E-state index contributed by atoms with van der Waals surface area (Å²) in [6, 6.07) is 5.26. The van der Waals surface area contributed by atoms with Crippen molar-refractivity contribution in [2.24, 2.45) is 0 Å². The summed E-state index contributed by atoms with van der Waals surface area (Å²) in [6.07, 6.45) is 0. The van der Waals surface area contributed by atoms with Gasteiger partial charge in [0.05, 0.1) is 19.9 Å². The summed E-state index contributed by atoms with van der Waals surface area (Å²) >= 11 is 1.16. The molecule has 162 valence electrons. The Balaban J connectivity index is 1.64. The third-order valence-electron chi connectivity index (χ3n) is 3.95. The van der Waals surface area contributed by atoms with Crippen molar-refractivity contribution in [3.63, 3.8) is 0 Å². The van der Waals surface area contributed by atoms with Crippen molar-refractivity contribution in [3.05, 3.63) is 50.1 Å². The van der Waals surface area contributed by atoms with Crippen LogP contribution >= 0.6 is 11.3 Å². The van der Waals surface area contributed by atoms with E-state index in [2.05, 4.69) is 15.3 Å². The van der Waals surface area contributed by atoms with Crippen molar-refractivity contribution in [1.29, 1.82) is 0 Å². The number of aromatic nitrogens is 3. The lowest BCUT2D eigenvalue weighted by molar-refractivity contribution is -0.119. The zero-order valence-electron chi connectivity index (χ0n) is 16.3. The predicted octanol–water partition coefficient (Wildman–Crippen LogP) is 0.582. The molecule has 31 heavy (non-hydrogen) atoms. The average Bonchev–Trinajstić information content (AvgIpc) is 3.22. The van der Waals surface area contributed by atoms with Crippen LogP contribution in [0.15, 0.2) is 33.2 Å². The van der Waals surface area contributed by atoms with Crippen LogP contribution in [0, 0.1) is 0 Å². The molecule has 0 aliphatic heterocycles. The molecule has 0 saturated heterocycles. The molecule has 5 N–H and O–H groups in total. The molecule has 0 fully saturated rings. The van der Waals surface area contributed by atoms with Crippen molar-refractivity contribution >= 4 is 34.0 Å². The number of hydrogen-bond acceptors (Lipinski definition) is 10. The molecular formula is C18H17N5O7S. The molecule has 1 aromatic carbocycles. The summed E-state index contributed by atoms with van der Waals surface area (Å²) in [4.78, 5) is 55.0. The summed E-state index contributed by atoms with van der Waals surface area (Å²) in [5.41, 5.74) is 3.85. The second-order valence-electron chi connectivity index (χ2n) is 5.93. The van der Waals surface area contributed by atoms with Crippen LogP contribution in [0.5, 0.6) is 11.5 Å². The number of rotatable bonds is 7. The third kappa shape index (κ3) is 4.90. The topological polar surface area (TPSA) is 178 Å². The molecule has 3 aromatic rings. The molecule has 0 bridgehead atoms. The van der Waals surface area contributed by atoms with E-state index in [1.807, 2.05) is 4.98 Å². The van der Waals surface area contributed by atoms with Gasteiger partial charge in [-0.3, -0.25) is 24.9 Å². The Morgan fingerprint density at radius 3 is 2.61 bits per heavy atom. The minimum Gasteiger partial charge on any atom is -0.493 e. The number of ether oxygens (including phenoxy) is 3. The predicted molar refractivity (Wildman–Crippen MR) is 112 cm³/mol. The lowest BCUT2D eigenvalue weighted by Crippen LogP contribution is -2.30. The Hall–Kier alpha value is -4.13. The van der Waals surface area contributed by atoms with Gasteiger partial charge >= 0.3 is 11.7 Å². The number of nitrogens with two attached hydrogens (primary N) is 1. The van der Waals surface area contributed by atoms with Crippen LogP contribution in [-0.2, 0) is 9.53 Å². The summed E-state index contributed by atoms with van der Waals surface area (Å²) in [5, 5.41) is 4.49. The second kappa shape index (κ2) is 9.13. The SMILES string of the molecule is COc1ccc(-c2csc(NC(=O)COC(=O)c3[nH]c(=O)[nH]c(=O)c3N)n2)cc1OC. The van der Waals surface area contributed by atoms with Gasteiger partial charge in [0.1, 0.15) is 5.69 Å². The molecule has 2 aromatic heterocycles. The standard InChI is InChI=1S/C18H17N5O7S/c1-28-10-4-3-8(5-11(10)29-2)9-7-31-18(20-9)21-12(24)6-30-16(26)14-13(19)15(25)23-17(27)22-14/h3-5,7H,6,19H2,1-2H3,(H,20,21,24)(H2,22,23,25,27). The van der Waals surface area contributed by atoms with Gasteiger partial charge in [-0.15, -0.1) is 11.3 Å². The molecule has 13 heteroatoms. The first-order chi connectivity index (χ1) is 14.8. The number of nitrogens with zero attached hydrogens (tertiary/aromatic N) is 1. The first kappa shape index (κ1) is 21.6. The van der Waals surface area contributed by atoms with Crippen LogP contribution in [0.1, 0.15) is 10.5 Å². The Morgan fingerprint density at radius 1 is 1.16 bits per heavy atom. The number of carbonyl (C=O) groups is 2. The van der Waals surface area contributed by atoms with E-state index in [1.54, 1.807) is 23.6 Å². The zero-order chi connectivity index (χ0) is 22.5. The molecule has 12 nitrogen and oxygen atoms in total. The Morgan fingerprint density at radius 2 is 1.90 bits per heavy atom. The first-order valence-corrected chi connectivity index (χ1v) is 9.47. The minimum absolute atomic E-state index is 0.273. The monoisotopic (exact) mass is 447 g/mol. The molecule has 2 heterocycles. The van der Waals surface area contributed by atoms with E-state index in [0.717, 1.165) is 16.9 Å². The first-order valence-electron chi connectivity index (χ1n) is 8.59. The molecule has 3 rings (SSSR count). The number of H-pyrrole nitrogens is 2. The molecule has 0 aliphatic carbocycles. The molecule has 1 amide bonds. The maximum Gasteiger partial charge on any atom is 0.357 e. The number of anilines is 2. The molecular weight excluding hydrogens is 430 g/mol. The fourth-order valence-corrected chi connectivity index (χ4v) is 3.21. The van der Waals surface area contributed by atoms with Gasteiger partial charge in [-0.25, -0.2) is 14.6 Å². The van der Waals surface area contributed by atoms with Crippen LogP contribution in [0.3, 0.4) is 0 Å². The lowest BCUT2D eigenvalue weighted by atomic mass is 10.1. The van der Waals surface area contributed by atoms with Crippen molar-refractivity contribution in [1.82, 2.24) is 15.0 Å². The number of esters is 1. The summed E-state index contributed by atoms with van der Waals surface area (Å²) in [5.74, 6) is -0.699. The minimum atomic E-state index is -1.12. The fourth-order valence-electron chi connectivity index (χ4n) is 2.47. The highest BCUT2D eigenvalue weighted by Crippen LogP contribution is 2.33. The number of benzene rings is 1. The number of amides is 1. The van der Waals surface area contributed by atoms with E-state index in [1.165, 1.54) is 14.2 Å². The second-order valence-corrected chi connectivity index (χ2v) is 6.79. The van der Waals surface area contributed by atoms with E-state index in [4.69, 9.17) is 19.9 Å².